The Hall–Kier alpha value is -1.10. The van der Waals surface area contributed by atoms with Gasteiger partial charge in [-0.15, -0.1) is 0 Å². The van der Waals surface area contributed by atoms with Gasteiger partial charge in [0.05, 0.1) is 12.7 Å². The molecule has 0 radical (unpaired) electrons. The van der Waals surface area contributed by atoms with Crippen molar-refractivity contribution in [1.82, 2.24) is 4.90 Å². The van der Waals surface area contributed by atoms with Crippen LogP contribution < -0.4 is 5.32 Å². The van der Waals surface area contributed by atoms with Crippen LogP contribution >= 0.6 is 0 Å². The molecule has 1 fully saturated rings. The predicted molar refractivity (Wildman–Crippen MR) is 72.5 cm³/mol. The standard InChI is InChI=1S/C14H22N2O2/c17-11-14(18)9-15-13-5-3-4-12(8-13)10-16-6-1-2-7-16/h3-5,8,14-15,17-18H,1-2,6-7,9-11H2. The molecule has 1 heterocycles. The summed E-state index contributed by atoms with van der Waals surface area (Å²) in [5, 5.41) is 21.2. The molecule has 0 spiro atoms. The first-order valence-electron chi connectivity index (χ1n) is 6.62. The lowest BCUT2D eigenvalue weighted by atomic mass is 10.2. The van der Waals surface area contributed by atoms with Crippen LogP contribution in [0, 0.1) is 0 Å². The van der Waals surface area contributed by atoms with Gasteiger partial charge in [-0.25, -0.2) is 0 Å². The third-order valence-corrected chi connectivity index (χ3v) is 3.28. The highest BCUT2D eigenvalue weighted by molar-refractivity contribution is 5.45. The van der Waals surface area contributed by atoms with Gasteiger partial charge in [0.25, 0.3) is 0 Å². The largest absolute Gasteiger partial charge is 0.394 e. The summed E-state index contributed by atoms with van der Waals surface area (Å²) < 4.78 is 0. The first-order chi connectivity index (χ1) is 8.78. The Morgan fingerprint density at radius 3 is 2.78 bits per heavy atom. The van der Waals surface area contributed by atoms with Crippen molar-refractivity contribution in [3.8, 4) is 0 Å². The predicted octanol–water partition coefficient (Wildman–Crippen LogP) is 1.05. The Kier molecular flexibility index (Phi) is 4.99. The number of benzene rings is 1. The SMILES string of the molecule is OCC(O)CNc1cccc(CN2CCCC2)c1. The molecule has 0 bridgehead atoms. The van der Waals surface area contributed by atoms with Gasteiger partial charge in [0, 0.05) is 18.8 Å². The zero-order chi connectivity index (χ0) is 12.8. The average molecular weight is 250 g/mol. The van der Waals surface area contributed by atoms with Crippen molar-refractivity contribution in [1.29, 1.82) is 0 Å². The molecule has 2 rings (SSSR count). The van der Waals surface area contributed by atoms with Crippen molar-refractivity contribution in [2.24, 2.45) is 0 Å². The molecule has 4 nitrogen and oxygen atoms in total. The van der Waals surface area contributed by atoms with E-state index in [1.54, 1.807) is 0 Å². The van der Waals surface area contributed by atoms with Crippen molar-refractivity contribution in [3.63, 3.8) is 0 Å². The Labute approximate surface area is 108 Å². The van der Waals surface area contributed by atoms with E-state index in [2.05, 4.69) is 22.3 Å². The van der Waals surface area contributed by atoms with E-state index in [4.69, 9.17) is 5.11 Å². The van der Waals surface area contributed by atoms with Crippen molar-refractivity contribution in [2.45, 2.75) is 25.5 Å². The highest BCUT2D eigenvalue weighted by Gasteiger charge is 2.11. The fourth-order valence-electron chi connectivity index (χ4n) is 2.28. The highest BCUT2D eigenvalue weighted by atomic mass is 16.3. The fraction of sp³-hybridized carbons (Fsp3) is 0.571. The van der Waals surface area contributed by atoms with Gasteiger partial charge >= 0.3 is 0 Å². The van der Waals surface area contributed by atoms with Crippen LogP contribution in [0.1, 0.15) is 18.4 Å². The molecule has 18 heavy (non-hydrogen) atoms. The molecule has 1 aliphatic heterocycles. The topological polar surface area (TPSA) is 55.7 Å². The molecular weight excluding hydrogens is 228 g/mol. The zero-order valence-corrected chi connectivity index (χ0v) is 10.7. The van der Waals surface area contributed by atoms with Gasteiger partial charge in [-0.2, -0.15) is 0 Å². The van der Waals surface area contributed by atoms with Crippen LogP contribution in [-0.2, 0) is 6.54 Å². The summed E-state index contributed by atoms with van der Waals surface area (Å²) in [7, 11) is 0. The summed E-state index contributed by atoms with van der Waals surface area (Å²) in [5.74, 6) is 0. The second-order valence-corrected chi connectivity index (χ2v) is 4.90. The van der Waals surface area contributed by atoms with Crippen molar-refractivity contribution < 1.29 is 10.2 Å². The van der Waals surface area contributed by atoms with Crippen LogP contribution in [0.15, 0.2) is 24.3 Å². The second kappa shape index (κ2) is 6.73. The Bertz CT molecular complexity index is 365. The van der Waals surface area contributed by atoms with Crippen LogP contribution in [0.2, 0.25) is 0 Å². The van der Waals surface area contributed by atoms with E-state index in [9.17, 15) is 5.11 Å². The number of aliphatic hydroxyl groups is 2. The monoisotopic (exact) mass is 250 g/mol. The van der Waals surface area contributed by atoms with E-state index in [0.717, 1.165) is 12.2 Å². The number of likely N-dealkylation sites (tertiary alicyclic amines) is 1. The number of nitrogens with zero attached hydrogens (tertiary/aromatic N) is 1. The molecule has 0 aromatic heterocycles. The van der Waals surface area contributed by atoms with Gasteiger partial charge in [-0.05, 0) is 43.6 Å². The zero-order valence-electron chi connectivity index (χ0n) is 10.7. The number of rotatable bonds is 6. The van der Waals surface area contributed by atoms with Crippen LogP contribution in [0.5, 0.6) is 0 Å². The summed E-state index contributed by atoms with van der Waals surface area (Å²) in [6.07, 6.45) is 1.91. The molecular formula is C14H22N2O2. The van der Waals surface area contributed by atoms with Crippen LogP contribution in [-0.4, -0.2) is 47.5 Å². The lowest BCUT2D eigenvalue weighted by Gasteiger charge is -2.16. The van der Waals surface area contributed by atoms with Crippen LogP contribution in [0.4, 0.5) is 5.69 Å². The molecule has 1 aromatic carbocycles. The van der Waals surface area contributed by atoms with E-state index in [1.165, 1.54) is 31.5 Å². The molecule has 4 heteroatoms. The molecule has 1 aromatic rings. The van der Waals surface area contributed by atoms with E-state index in [-0.39, 0.29) is 6.61 Å². The Morgan fingerprint density at radius 1 is 1.28 bits per heavy atom. The maximum atomic E-state index is 9.30. The van der Waals surface area contributed by atoms with Gasteiger partial charge in [0.2, 0.25) is 0 Å². The molecule has 1 unspecified atom stereocenters. The van der Waals surface area contributed by atoms with Crippen molar-refractivity contribution >= 4 is 5.69 Å². The minimum Gasteiger partial charge on any atom is -0.394 e. The van der Waals surface area contributed by atoms with E-state index in [0.29, 0.717) is 6.54 Å². The molecule has 0 saturated carbocycles. The minimum atomic E-state index is -0.702. The molecule has 1 atom stereocenters. The summed E-state index contributed by atoms with van der Waals surface area (Å²) in [4.78, 5) is 2.46. The summed E-state index contributed by atoms with van der Waals surface area (Å²) in [6, 6.07) is 8.25. The van der Waals surface area contributed by atoms with Gasteiger partial charge in [0.15, 0.2) is 0 Å². The van der Waals surface area contributed by atoms with Gasteiger partial charge < -0.3 is 15.5 Å². The third-order valence-electron chi connectivity index (χ3n) is 3.28. The van der Waals surface area contributed by atoms with E-state index < -0.39 is 6.10 Å². The lowest BCUT2D eigenvalue weighted by Crippen LogP contribution is -2.23. The van der Waals surface area contributed by atoms with Crippen molar-refractivity contribution in [2.75, 3.05) is 31.6 Å². The first-order valence-corrected chi connectivity index (χ1v) is 6.62. The molecule has 0 amide bonds. The number of nitrogens with one attached hydrogen (secondary N) is 1. The maximum absolute atomic E-state index is 9.30. The quantitative estimate of drug-likeness (QED) is 0.706. The number of hydrogen-bond acceptors (Lipinski definition) is 4. The smallest absolute Gasteiger partial charge is 0.0942 e. The highest BCUT2D eigenvalue weighted by Crippen LogP contribution is 2.16. The van der Waals surface area contributed by atoms with E-state index in [1.807, 2.05) is 12.1 Å². The minimum absolute atomic E-state index is 0.208. The summed E-state index contributed by atoms with van der Waals surface area (Å²) in [6.45, 7) is 3.56. The molecule has 3 N–H and O–H groups in total. The number of hydrogen-bond donors (Lipinski definition) is 3. The van der Waals surface area contributed by atoms with Crippen molar-refractivity contribution in [3.05, 3.63) is 29.8 Å². The van der Waals surface area contributed by atoms with Gasteiger partial charge in [-0.1, -0.05) is 12.1 Å². The van der Waals surface area contributed by atoms with Gasteiger partial charge in [0.1, 0.15) is 0 Å². The summed E-state index contributed by atoms with van der Waals surface area (Å²) >= 11 is 0. The van der Waals surface area contributed by atoms with Gasteiger partial charge in [-0.3, -0.25) is 4.90 Å². The molecule has 0 aliphatic carbocycles. The molecule has 100 valence electrons. The fourth-order valence-corrected chi connectivity index (χ4v) is 2.28. The molecule has 1 aliphatic rings. The lowest BCUT2D eigenvalue weighted by molar-refractivity contribution is 0.105. The Morgan fingerprint density at radius 2 is 2.06 bits per heavy atom. The van der Waals surface area contributed by atoms with E-state index >= 15 is 0 Å². The summed E-state index contributed by atoms with van der Waals surface area (Å²) in [5.41, 5.74) is 2.29. The maximum Gasteiger partial charge on any atom is 0.0942 e. The second-order valence-electron chi connectivity index (χ2n) is 4.90. The number of anilines is 1. The first kappa shape index (κ1) is 13.3. The normalized spacial score (nSPS) is 17.9. The molecule has 1 saturated heterocycles. The van der Waals surface area contributed by atoms with Crippen LogP contribution in [0.3, 0.4) is 0 Å². The number of aliphatic hydroxyl groups excluding tert-OH is 2. The van der Waals surface area contributed by atoms with Crippen LogP contribution in [0.25, 0.3) is 0 Å². The third kappa shape index (κ3) is 3.98. The average Bonchev–Trinajstić information content (AvgIpc) is 2.89. The Balaban J connectivity index is 1.88.